The second-order valence-corrected chi connectivity index (χ2v) is 8.90. The molecule has 0 N–H and O–H groups in total. The summed E-state index contributed by atoms with van der Waals surface area (Å²) in [5.41, 5.74) is 1.45. The summed E-state index contributed by atoms with van der Waals surface area (Å²) in [6.07, 6.45) is 5.30. The van der Waals surface area contributed by atoms with E-state index in [1.165, 1.54) is 12.1 Å². The number of carbonyl (C=O) groups is 1. The lowest BCUT2D eigenvalue weighted by molar-refractivity contribution is -0.128. The van der Waals surface area contributed by atoms with Crippen LogP contribution in [-0.2, 0) is 4.79 Å². The molecule has 2 aromatic heterocycles. The van der Waals surface area contributed by atoms with Crippen LogP contribution in [0.3, 0.4) is 0 Å². The number of anilines is 1. The fourth-order valence-electron chi connectivity index (χ4n) is 4.86. The maximum absolute atomic E-state index is 15.9. The van der Waals surface area contributed by atoms with Crippen molar-refractivity contribution in [2.24, 2.45) is 0 Å². The van der Waals surface area contributed by atoms with Gasteiger partial charge in [0.05, 0.1) is 5.02 Å². The molecule has 1 saturated heterocycles. The fraction of sp³-hybridized carbons (Fsp3) is 0.222. The van der Waals surface area contributed by atoms with Crippen LogP contribution in [0.2, 0.25) is 5.02 Å². The van der Waals surface area contributed by atoms with Gasteiger partial charge in [0.2, 0.25) is 5.91 Å². The van der Waals surface area contributed by atoms with Crippen molar-refractivity contribution >= 4 is 44.9 Å². The Balaban J connectivity index is 1.59. The van der Waals surface area contributed by atoms with Crippen molar-refractivity contribution in [1.82, 2.24) is 14.9 Å². The van der Waals surface area contributed by atoms with Crippen LogP contribution in [-0.4, -0.2) is 46.5 Å². The third-order valence-corrected chi connectivity index (χ3v) is 7.02. The highest BCUT2D eigenvalue weighted by Gasteiger charge is 2.29. The SMILES string of the molecule is C=CC(=O)N1CCN(c2ccnc3c(F)c(-c4cccc5ccc(F)c(Cl)c45)ncc23)C[C@@H]1CC. The van der Waals surface area contributed by atoms with Crippen molar-refractivity contribution < 1.29 is 13.6 Å². The zero-order valence-electron chi connectivity index (χ0n) is 19.1. The summed E-state index contributed by atoms with van der Waals surface area (Å²) in [5, 5.41) is 1.60. The maximum atomic E-state index is 15.9. The average Bonchev–Trinajstić information content (AvgIpc) is 2.89. The van der Waals surface area contributed by atoms with E-state index in [0.717, 1.165) is 12.1 Å². The number of aromatic nitrogens is 2. The smallest absolute Gasteiger partial charge is 0.246 e. The molecule has 0 saturated carbocycles. The molecule has 1 amide bonds. The number of hydrogen-bond donors (Lipinski definition) is 0. The van der Waals surface area contributed by atoms with Gasteiger partial charge in [-0.3, -0.25) is 14.8 Å². The second-order valence-electron chi connectivity index (χ2n) is 8.52. The Kier molecular flexibility index (Phi) is 6.11. The molecule has 1 aliphatic rings. The van der Waals surface area contributed by atoms with Gasteiger partial charge in [0.15, 0.2) is 5.82 Å². The molecule has 0 aliphatic carbocycles. The number of carbonyl (C=O) groups excluding carboxylic acids is 1. The largest absolute Gasteiger partial charge is 0.367 e. The molecule has 3 heterocycles. The number of nitrogens with zero attached hydrogens (tertiary/aromatic N) is 4. The number of pyridine rings is 2. The first-order valence-corrected chi connectivity index (χ1v) is 11.8. The Bertz CT molecular complexity index is 1480. The molecule has 8 heteroatoms. The van der Waals surface area contributed by atoms with E-state index in [9.17, 15) is 9.18 Å². The number of piperazine rings is 1. The molecule has 178 valence electrons. The molecule has 4 aromatic rings. The summed E-state index contributed by atoms with van der Waals surface area (Å²) < 4.78 is 30.1. The number of benzene rings is 2. The molecule has 0 bridgehead atoms. The highest BCUT2D eigenvalue weighted by Crippen LogP contribution is 2.38. The zero-order chi connectivity index (χ0) is 24.7. The highest BCUT2D eigenvalue weighted by molar-refractivity contribution is 6.36. The lowest BCUT2D eigenvalue weighted by atomic mass is 10.00. The highest BCUT2D eigenvalue weighted by atomic mass is 35.5. The predicted octanol–water partition coefficient (Wildman–Crippen LogP) is 5.99. The van der Waals surface area contributed by atoms with Gasteiger partial charge in [-0.2, -0.15) is 0 Å². The summed E-state index contributed by atoms with van der Waals surface area (Å²) >= 11 is 6.27. The molecule has 0 radical (unpaired) electrons. The molecule has 2 aromatic carbocycles. The van der Waals surface area contributed by atoms with E-state index in [-0.39, 0.29) is 28.2 Å². The lowest BCUT2D eigenvalue weighted by Crippen LogP contribution is -2.54. The molecular weight excluding hydrogens is 470 g/mol. The van der Waals surface area contributed by atoms with Gasteiger partial charge in [0.25, 0.3) is 0 Å². The minimum atomic E-state index is -0.593. The monoisotopic (exact) mass is 492 g/mol. The van der Waals surface area contributed by atoms with Gasteiger partial charge in [-0.05, 0) is 30.0 Å². The maximum Gasteiger partial charge on any atom is 0.246 e. The Labute approximate surface area is 206 Å². The summed E-state index contributed by atoms with van der Waals surface area (Å²) in [5.74, 6) is -1.25. The number of hydrogen-bond acceptors (Lipinski definition) is 4. The van der Waals surface area contributed by atoms with Crippen LogP contribution in [0.25, 0.3) is 32.9 Å². The molecule has 5 rings (SSSR count). The summed E-state index contributed by atoms with van der Waals surface area (Å²) in [6, 6.07) is 9.98. The van der Waals surface area contributed by atoms with Crippen molar-refractivity contribution in [3.05, 3.63) is 78.1 Å². The molecule has 1 atom stereocenters. The molecular formula is C27H23ClF2N4O. The first kappa shape index (κ1) is 23.2. The number of halogens is 3. The van der Waals surface area contributed by atoms with E-state index in [1.54, 1.807) is 36.7 Å². The summed E-state index contributed by atoms with van der Waals surface area (Å²) in [4.78, 5) is 25.0. The van der Waals surface area contributed by atoms with E-state index in [4.69, 9.17) is 11.6 Å². The Morgan fingerprint density at radius 2 is 2.03 bits per heavy atom. The Morgan fingerprint density at radius 1 is 1.20 bits per heavy atom. The van der Waals surface area contributed by atoms with Gasteiger partial charge < -0.3 is 9.80 Å². The summed E-state index contributed by atoms with van der Waals surface area (Å²) in [7, 11) is 0. The second kappa shape index (κ2) is 9.23. The minimum absolute atomic E-state index is 0.0160. The molecule has 1 fully saturated rings. The van der Waals surface area contributed by atoms with Crippen molar-refractivity contribution in [2.75, 3.05) is 24.5 Å². The van der Waals surface area contributed by atoms with Crippen LogP contribution in [0.1, 0.15) is 13.3 Å². The lowest BCUT2D eigenvalue weighted by Gasteiger charge is -2.42. The van der Waals surface area contributed by atoms with Gasteiger partial charge >= 0.3 is 0 Å². The standard InChI is InChI=1S/C27H23ClF2N4O/c1-3-17-15-33(12-13-34(17)22(35)4-2)21-10-11-31-27-19(21)14-32-26(25(27)30)18-7-5-6-16-8-9-20(29)24(28)23(16)18/h4-11,14,17H,2-3,12-13,15H2,1H3/t17-/m0/s1. The van der Waals surface area contributed by atoms with Gasteiger partial charge in [-0.1, -0.05) is 49.4 Å². The molecule has 5 nitrogen and oxygen atoms in total. The number of rotatable bonds is 4. The summed E-state index contributed by atoms with van der Waals surface area (Å²) in [6.45, 7) is 7.38. The van der Waals surface area contributed by atoms with Gasteiger partial charge in [0.1, 0.15) is 17.0 Å². The van der Waals surface area contributed by atoms with E-state index in [2.05, 4.69) is 21.4 Å². The Hall–Kier alpha value is -3.58. The first-order valence-electron chi connectivity index (χ1n) is 11.4. The number of amides is 1. The van der Waals surface area contributed by atoms with Crippen LogP contribution >= 0.6 is 11.6 Å². The molecule has 0 unspecified atom stereocenters. The van der Waals surface area contributed by atoms with Gasteiger partial charge in [0, 0.05) is 60.1 Å². The van der Waals surface area contributed by atoms with Crippen molar-refractivity contribution in [2.45, 2.75) is 19.4 Å². The average molecular weight is 493 g/mol. The first-order chi connectivity index (χ1) is 16.9. The van der Waals surface area contributed by atoms with Crippen molar-refractivity contribution in [3.63, 3.8) is 0 Å². The minimum Gasteiger partial charge on any atom is -0.367 e. The fourth-order valence-corrected chi connectivity index (χ4v) is 5.14. The quantitative estimate of drug-likeness (QED) is 0.328. The third-order valence-electron chi connectivity index (χ3n) is 6.65. The van der Waals surface area contributed by atoms with E-state index < -0.39 is 11.6 Å². The van der Waals surface area contributed by atoms with Gasteiger partial charge in [-0.15, -0.1) is 0 Å². The predicted molar refractivity (Wildman–Crippen MR) is 136 cm³/mol. The van der Waals surface area contributed by atoms with Crippen LogP contribution < -0.4 is 4.90 Å². The molecule has 35 heavy (non-hydrogen) atoms. The molecule has 1 aliphatic heterocycles. The van der Waals surface area contributed by atoms with Crippen LogP contribution in [0.15, 0.2) is 61.4 Å². The van der Waals surface area contributed by atoms with Gasteiger partial charge in [-0.25, -0.2) is 8.78 Å². The van der Waals surface area contributed by atoms with Crippen LogP contribution in [0, 0.1) is 11.6 Å². The number of fused-ring (bicyclic) bond motifs is 2. The van der Waals surface area contributed by atoms with Crippen LogP contribution in [0.4, 0.5) is 14.5 Å². The zero-order valence-corrected chi connectivity index (χ0v) is 19.9. The van der Waals surface area contributed by atoms with E-state index in [0.29, 0.717) is 41.4 Å². The van der Waals surface area contributed by atoms with Crippen molar-refractivity contribution in [3.8, 4) is 11.3 Å². The van der Waals surface area contributed by atoms with E-state index >= 15 is 4.39 Å². The van der Waals surface area contributed by atoms with E-state index in [1.807, 2.05) is 17.9 Å². The molecule has 0 spiro atoms. The van der Waals surface area contributed by atoms with Crippen LogP contribution in [0.5, 0.6) is 0 Å². The Morgan fingerprint density at radius 3 is 2.80 bits per heavy atom. The van der Waals surface area contributed by atoms with Crippen molar-refractivity contribution in [1.29, 1.82) is 0 Å². The normalized spacial score (nSPS) is 16.2. The third kappa shape index (κ3) is 3.90. The topological polar surface area (TPSA) is 49.3 Å².